The van der Waals surface area contributed by atoms with Gasteiger partial charge in [-0.2, -0.15) is 0 Å². The third-order valence-electron chi connectivity index (χ3n) is 3.28. The summed E-state index contributed by atoms with van der Waals surface area (Å²) in [4.78, 5) is 0. The van der Waals surface area contributed by atoms with E-state index in [0.29, 0.717) is 22.3 Å². The maximum Gasteiger partial charge on any atom is 0.210 e. The minimum absolute atomic E-state index is 0.302. The fraction of sp³-hybridized carbons (Fsp3) is 0.125. The fourth-order valence-corrected chi connectivity index (χ4v) is 2.91. The van der Waals surface area contributed by atoms with E-state index in [4.69, 9.17) is 10.6 Å². The zero-order valence-corrected chi connectivity index (χ0v) is 13.3. The van der Waals surface area contributed by atoms with Crippen molar-refractivity contribution in [2.75, 3.05) is 13.0 Å². The number of nitrogens with two attached hydrogens (primary N) is 1. The lowest BCUT2D eigenvalue weighted by Crippen LogP contribution is -2.12. The summed E-state index contributed by atoms with van der Waals surface area (Å²) >= 11 is 1.43. The van der Waals surface area contributed by atoms with Crippen molar-refractivity contribution < 1.29 is 9.13 Å². The highest BCUT2D eigenvalue weighted by Gasteiger charge is 2.15. The number of hydrogen-bond acceptors (Lipinski definition) is 5. The molecule has 0 saturated carbocycles. The van der Waals surface area contributed by atoms with E-state index in [2.05, 4.69) is 10.2 Å². The third kappa shape index (κ3) is 3.29. The van der Waals surface area contributed by atoms with Gasteiger partial charge in [-0.3, -0.25) is 0 Å². The van der Waals surface area contributed by atoms with Crippen LogP contribution in [0.2, 0.25) is 0 Å². The maximum absolute atomic E-state index is 13.8. The zero-order valence-electron chi connectivity index (χ0n) is 12.4. The van der Waals surface area contributed by atoms with Gasteiger partial charge < -0.3 is 10.6 Å². The van der Waals surface area contributed by atoms with Crippen LogP contribution in [0, 0.1) is 5.82 Å². The molecule has 23 heavy (non-hydrogen) atoms. The number of ether oxygens (including phenoxy) is 1. The van der Waals surface area contributed by atoms with Crippen molar-refractivity contribution in [3.63, 3.8) is 0 Å². The van der Waals surface area contributed by atoms with Crippen LogP contribution in [0.25, 0.3) is 11.4 Å². The van der Waals surface area contributed by atoms with Crippen LogP contribution in [-0.4, -0.2) is 22.0 Å². The van der Waals surface area contributed by atoms with Crippen LogP contribution in [0.15, 0.2) is 53.7 Å². The minimum Gasteiger partial charge on any atom is -0.497 e. The standard InChI is InChI=1S/C16H15FN4OS/c1-22-12-6-4-5-11(9-12)10-23-16-20-19-15(21(16)18)13-7-2-3-8-14(13)17/h2-9H,10,18H2,1H3. The minimum atomic E-state index is -0.379. The van der Waals surface area contributed by atoms with Crippen LogP contribution in [0.4, 0.5) is 4.39 Å². The van der Waals surface area contributed by atoms with Crippen molar-refractivity contribution in [1.29, 1.82) is 0 Å². The number of rotatable bonds is 5. The molecular weight excluding hydrogens is 315 g/mol. The predicted octanol–water partition coefficient (Wildman–Crippen LogP) is 3.10. The molecule has 0 aliphatic carbocycles. The molecule has 0 spiro atoms. The molecule has 2 aromatic carbocycles. The number of nitrogen functional groups attached to an aromatic ring is 1. The Bertz CT molecular complexity index is 821. The van der Waals surface area contributed by atoms with Crippen LogP contribution in [-0.2, 0) is 5.75 Å². The molecule has 5 nitrogen and oxygen atoms in total. The Morgan fingerprint density at radius 1 is 1.17 bits per heavy atom. The smallest absolute Gasteiger partial charge is 0.210 e. The van der Waals surface area contributed by atoms with Gasteiger partial charge in [0.2, 0.25) is 5.16 Å². The van der Waals surface area contributed by atoms with E-state index in [1.165, 1.54) is 22.5 Å². The van der Waals surface area contributed by atoms with Gasteiger partial charge >= 0.3 is 0 Å². The molecule has 0 unspecified atom stereocenters. The highest BCUT2D eigenvalue weighted by atomic mass is 32.2. The molecule has 0 aliphatic heterocycles. The number of aromatic nitrogens is 3. The van der Waals surface area contributed by atoms with Crippen LogP contribution in [0.5, 0.6) is 5.75 Å². The molecular formula is C16H15FN4OS. The van der Waals surface area contributed by atoms with Gasteiger partial charge in [0.25, 0.3) is 0 Å². The lowest BCUT2D eigenvalue weighted by Gasteiger charge is -2.05. The van der Waals surface area contributed by atoms with Crippen molar-refractivity contribution in [2.45, 2.75) is 10.9 Å². The second-order valence-corrected chi connectivity index (χ2v) is 5.74. The van der Waals surface area contributed by atoms with Crippen molar-refractivity contribution in [2.24, 2.45) is 0 Å². The Morgan fingerprint density at radius 2 is 2.00 bits per heavy atom. The van der Waals surface area contributed by atoms with Gasteiger partial charge in [0.15, 0.2) is 5.82 Å². The summed E-state index contributed by atoms with van der Waals surface area (Å²) in [5, 5.41) is 8.56. The Balaban J connectivity index is 1.78. The van der Waals surface area contributed by atoms with E-state index < -0.39 is 0 Å². The summed E-state index contributed by atoms with van der Waals surface area (Å²) in [5.74, 6) is 7.38. The topological polar surface area (TPSA) is 66.0 Å². The highest BCUT2D eigenvalue weighted by Crippen LogP contribution is 2.26. The van der Waals surface area contributed by atoms with Crippen molar-refractivity contribution in [1.82, 2.24) is 14.9 Å². The largest absolute Gasteiger partial charge is 0.497 e. The average Bonchev–Trinajstić information content (AvgIpc) is 2.94. The second-order valence-electron chi connectivity index (χ2n) is 4.80. The molecule has 0 aliphatic rings. The van der Waals surface area contributed by atoms with Crippen molar-refractivity contribution in [3.8, 4) is 17.1 Å². The van der Waals surface area contributed by atoms with E-state index in [1.807, 2.05) is 24.3 Å². The molecule has 0 bridgehead atoms. The maximum atomic E-state index is 13.8. The van der Waals surface area contributed by atoms with Crippen LogP contribution in [0.3, 0.4) is 0 Å². The first-order valence-electron chi connectivity index (χ1n) is 6.90. The van der Waals surface area contributed by atoms with E-state index in [9.17, 15) is 4.39 Å². The molecule has 3 aromatic rings. The molecule has 1 heterocycles. The van der Waals surface area contributed by atoms with Crippen molar-refractivity contribution >= 4 is 11.8 Å². The first-order valence-corrected chi connectivity index (χ1v) is 7.88. The quantitative estimate of drug-likeness (QED) is 0.575. The van der Waals surface area contributed by atoms with Gasteiger partial charge in [0, 0.05) is 5.75 Å². The number of hydrogen-bond donors (Lipinski definition) is 1. The Hall–Kier alpha value is -2.54. The summed E-state index contributed by atoms with van der Waals surface area (Å²) in [5.41, 5.74) is 1.40. The van der Waals surface area contributed by atoms with Gasteiger partial charge in [-0.25, -0.2) is 9.07 Å². The molecule has 0 saturated heterocycles. The molecule has 3 rings (SSSR count). The first-order chi connectivity index (χ1) is 11.2. The van der Waals surface area contributed by atoms with Crippen LogP contribution >= 0.6 is 11.8 Å². The normalized spacial score (nSPS) is 10.7. The molecule has 7 heteroatoms. The lowest BCUT2D eigenvalue weighted by molar-refractivity contribution is 0.414. The average molecular weight is 330 g/mol. The van der Waals surface area contributed by atoms with Gasteiger partial charge in [-0.1, -0.05) is 36.0 Å². The number of nitrogens with zero attached hydrogens (tertiary/aromatic N) is 3. The summed E-state index contributed by atoms with van der Waals surface area (Å²) in [6, 6.07) is 14.1. The van der Waals surface area contributed by atoms with Crippen LogP contribution in [0.1, 0.15) is 5.56 Å². The van der Waals surface area contributed by atoms with Crippen molar-refractivity contribution in [3.05, 3.63) is 59.9 Å². The molecule has 0 fully saturated rings. The number of methoxy groups -OCH3 is 1. The zero-order chi connectivity index (χ0) is 16.2. The van der Waals surface area contributed by atoms with Gasteiger partial charge in [-0.15, -0.1) is 10.2 Å². The van der Waals surface area contributed by atoms with Gasteiger partial charge in [-0.05, 0) is 29.8 Å². The SMILES string of the molecule is COc1cccc(CSc2nnc(-c3ccccc3F)n2N)c1. The fourth-order valence-electron chi connectivity index (χ4n) is 2.11. The summed E-state index contributed by atoms with van der Waals surface area (Å²) in [7, 11) is 1.63. The molecule has 2 N–H and O–H groups in total. The van der Waals surface area contributed by atoms with E-state index in [0.717, 1.165) is 11.3 Å². The van der Waals surface area contributed by atoms with E-state index >= 15 is 0 Å². The molecule has 0 radical (unpaired) electrons. The van der Waals surface area contributed by atoms with Gasteiger partial charge in [0.05, 0.1) is 12.7 Å². The molecule has 0 amide bonds. The summed E-state index contributed by atoms with van der Waals surface area (Å²) in [6.45, 7) is 0. The first kappa shape index (κ1) is 15.4. The van der Waals surface area contributed by atoms with Crippen LogP contribution < -0.4 is 10.6 Å². The Morgan fingerprint density at radius 3 is 2.78 bits per heavy atom. The highest BCUT2D eigenvalue weighted by molar-refractivity contribution is 7.98. The third-order valence-corrected chi connectivity index (χ3v) is 4.30. The van der Waals surface area contributed by atoms with E-state index in [1.54, 1.807) is 25.3 Å². The summed E-state index contributed by atoms with van der Waals surface area (Å²) in [6.07, 6.45) is 0. The van der Waals surface area contributed by atoms with E-state index in [-0.39, 0.29) is 5.82 Å². The second kappa shape index (κ2) is 6.70. The monoisotopic (exact) mass is 330 g/mol. The number of benzene rings is 2. The lowest BCUT2D eigenvalue weighted by atomic mass is 10.2. The summed E-state index contributed by atoms with van der Waals surface area (Å²) < 4.78 is 20.3. The molecule has 118 valence electrons. The Kier molecular flexibility index (Phi) is 4.47. The number of thioether (sulfide) groups is 1. The Labute approximate surface area is 137 Å². The molecule has 0 atom stereocenters. The molecule has 1 aromatic heterocycles. The predicted molar refractivity (Wildman–Crippen MR) is 88.1 cm³/mol. The number of halogens is 1. The van der Waals surface area contributed by atoms with Gasteiger partial charge in [0.1, 0.15) is 11.6 Å².